The highest BCUT2D eigenvalue weighted by Crippen LogP contribution is 2.45. The van der Waals surface area contributed by atoms with Gasteiger partial charge in [-0.1, -0.05) is 26.0 Å². The molecule has 2 atom stereocenters. The van der Waals surface area contributed by atoms with Crippen molar-refractivity contribution in [3.63, 3.8) is 0 Å². The SMILES string of the molecule is Cc1cc2c(cc1C1CCN(C)CC1)OC(C)N2c1nc(Nc2ccccc2S(=O)C(C)C)c2c(C)[nH]nc2n1. The van der Waals surface area contributed by atoms with Crippen LogP contribution in [-0.2, 0) is 10.8 Å². The maximum Gasteiger partial charge on any atom is 0.237 e. The molecule has 1 saturated heterocycles. The summed E-state index contributed by atoms with van der Waals surface area (Å²) in [6, 6.07) is 12.1. The lowest BCUT2D eigenvalue weighted by Crippen LogP contribution is -2.29. The summed E-state index contributed by atoms with van der Waals surface area (Å²) < 4.78 is 19.5. The third kappa shape index (κ3) is 4.73. The van der Waals surface area contributed by atoms with Crippen LogP contribution in [0, 0.1) is 13.8 Å². The number of aromatic amines is 1. The number of aromatic nitrogens is 4. The van der Waals surface area contributed by atoms with Crippen LogP contribution in [0.2, 0.25) is 0 Å². The van der Waals surface area contributed by atoms with Gasteiger partial charge in [0, 0.05) is 10.9 Å². The van der Waals surface area contributed by atoms with Crippen molar-refractivity contribution in [2.24, 2.45) is 0 Å². The van der Waals surface area contributed by atoms with Crippen LogP contribution in [0.15, 0.2) is 41.3 Å². The highest BCUT2D eigenvalue weighted by molar-refractivity contribution is 7.85. The van der Waals surface area contributed by atoms with Crippen LogP contribution >= 0.6 is 0 Å². The van der Waals surface area contributed by atoms with Gasteiger partial charge >= 0.3 is 0 Å². The van der Waals surface area contributed by atoms with E-state index in [0.717, 1.165) is 59.0 Å². The summed E-state index contributed by atoms with van der Waals surface area (Å²) in [4.78, 5) is 15.0. The fourth-order valence-electron chi connectivity index (χ4n) is 5.81. The lowest BCUT2D eigenvalue weighted by molar-refractivity contribution is 0.249. The first-order chi connectivity index (χ1) is 19.2. The molecule has 10 heteroatoms. The second kappa shape index (κ2) is 10.5. The molecule has 2 N–H and O–H groups in total. The van der Waals surface area contributed by atoms with Crippen LogP contribution in [-0.4, -0.2) is 60.9 Å². The molecule has 2 aromatic carbocycles. The third-order valence-electron chi connectivity index (χ3n) is 8.01. The number of hydrogen-bond donors (Lipinski definition) is 2. The van der Waals surface area contributed by atoms with Gasteiger partial charge in [0.05, 0.1) is 32.5 Å². The van der Waals surface area contributed by atoms with Crippen molar-refractivity contribution in [3.8, 4) is 5.75 Å². The molecule has 40 heavy (non-hydrogen) atoms. The van der Waals surface area contributed by atoms with Crippen molar-refractivity contribution in [2.45, 2.75) is 69.8 Å². The zero-order chi connectivity index (χ0) is 28.1. The number of rotatable bonds is 6. The molecule has 0 aliphatic carbocycles. The molecule has 0 spiro atoms. The predicted octanol–water partition coefficient (Wildman–Crippen LogP) is 5.92. The Balaban J connectivity index is 1.41. The van der Waals surface area contributed by atoms with Crippen molar-refractivity contribution in [2.75, 3.05) is 30.4 Å². The van der Waals surface area contributed by atoms with E-state index in [1.807, 2.05) is 56.9 Å². The monoisotopic (exact) mass is 559 g/mol. The predicted molar refractivity (Wildman–Crippen MR) is 161 cm³/mol. The molecular formula is C30H37N7O2S. The molecule has 4 heterocycles. The van der Waals surface area contributed by atoms with Gasteiger partial charge in [-0.3, -0.25) is 14.2 Å². The largest absolute Gasteiger partial charge is 0.468 e. The van der Waals surface area contributed by atoms with E-state index in [-0.39, 0.29) is 11.5 Å². The maximum atomic E-state index is 13.1. The normalized spacial score (nSPS) is 18.8. The zero-order valence-electron chi connectivity index (χ0n) is 24.0. The smallest absolute Gasteiger partial charge is 0.237 e. The number of nitrogens with zero attached hydrogens (tertiary/aromatic N) is 5. The summed E-state index contributed by atoms with van der Waals surface area (Å²) in [5.41, 5.74) is 5.77. The quantitative estimate of drug-likeness (QED) is 0.301. The third-order valence-corrected chi connectivity index (χ3v) is 9.66. The molecule has 2 aliphatic heterocycles. The van der Waals surface area contributed by atoms with E-state index in [1.54, 1.807) is 0 Å². The Morgan fingerprint density at radius 3 is 2.62 bits per heavy atom. The number of ether oxygens (including phenoxy) is 1. The Labute approximate surface area is 237 Å². The first-order valence-corrected chi connectivity index (χ1v) is 15.2. The first kappa shape index (κ1) is 26.7. The van der Waals surface area contributed by atoms with Gasteiger partial charge in [0.2, 0.25) is 5.95 Å². The van der Waals surface area contributed by atoms with Gasteiger partial charge in [0.1, 0.15) is 11.6 Å². The summed E-state index contributed by atoms with van der Waals surface area (Å²) in [6.07, 6.45) is 2.03. The zero-order valence-corrected chi connectivity index (χ0v) is 24.8. The number of nitrogens with one attached hydrogen (secondary N) is 2. The number of likely N-dealkylation sites (tertiary alicyclic amines) is 1. The van der Waals surface area contributed by atoms with E-state index >= 15 is 0 Å². The van der Waals surface area contributed by atoms with Crippen LogP contribution in [0.5, 0.6) is 5.75 Å². The van der Waals surface area contributed by atoms with Gasteiger partial charge in [-0.25, -0.2) is 0 Å². The summed E-state index contributed by atoms with van der Waals surface area (Å²) in [5.74, 6) is 2.52. The number of fused-ring (bicyclic) bond motifs is 2. The number of para-hydroxylation sites is 1. The Morgan fingerprint density at radius 1 is 1.12 bits per heavy atom. The van der Waals surface area contributed by atoms with Crippen molar-refractivity contribution < 1.29 is 8.95 Å². The van der Waals surface area contributed by atoms with Gasteiger partial charge in [-0.15, -0.1) is 0 Å². The summed E-state index contributed by atoms with van der Waals surface area (Å²) in [5, 5.41) is 11.8. The molecule has 0 radical (unpaired) electrons. The number of benzene rings is 2. The maximum absolute atomic E-state index is 13.1. The van der Waals surface area contributed by atoms with E-state index in [9.17, 15) is 4.21 Å². The standard InChI is InChI=1S/C30H37N7O2S/c1-17(2)40(38)26-10-8-7-9-23(26)31-28-27-19(4)34-35-29(27)33-30(32-28)37-20(5)39-25-16-22(18(3)15-24(25)37)21-11-13-36(6)14-12-21/h7-10,15-17,20-21H,11-14H2,1-6H3,(H2,31,32,33,34,35). The summed E-state index contributed by atoms with van der Waals surface area (Å²) in [7, 11) is 1.03. The minimum absolute atomic E-state index is 0.0126. The van der Waals surface area contributed by atoms with Crippen LogP contribution in [0.4, 0.5) is 23.1 Å². The number of H-pyrrole nitrogens is 1. The fourth-order valence-corrected chi connectivity index (χ4v) is 6.87. The van der Waals surface area contributed by atoms with Gasteiger partial charge in [0.25, 0.3) is 0 Å². The van der Waals surface area contributed by atoms with Crippen LogP contribution < -0.4 is 15.0 Å². The van der Waals surface area contributed by atoms with E-state index < -0.39 is 10.8 Å². The molecule has 210 valence electrons. The van der Waals surface area contributed by atoms with Crippen molar-refractivity contribution in [1.82, 2.24) is 25.1 Å². The molecule has 2 aromatic heterocycles. The average molecular weight is 560 g/mol. The van der Waals surface area contributed by atoms with Crippen molar-refractivity contribution >= 4 is 45.0 Å². The molecule has 4 aromatic rings. The van der Waals surface area contributed by atoms with Crippen LogP contribution in [0.1, 0.15) is 56.4 Å². The summed E-state index contributed by atoms with van der Waals surface area (Å²) >= 11 is 0. The Hall–Kier alpha value is -3.50. The molecule has 6 rings (SSSR count). The molecule has 1 fully saturated rings. The Kier molecular flexibility index (Phi) is 7.00. The van der Waals surface area contributed by atoms with Gasteiger partial charge in [-0.2, -0.15) is 15.1 Å². The molecule has 0 saturated carbocycles. The fraction of sp³-hybridized carbons (Fsp3) is 0.433. The van der Waals surface area contributed by atoms with E-state index in [0.29, 0.717) is 23.3 Å². The Bertz CT molecular complexity index is 1590. The second-order valence-corrected chi connectivity index (χ2v) is 13.2. The molecule has 0 bridgehead atoms. The first-order valence-electron chi connectivity index (χ1n) is 14.0. The number of hydrogen-bond acceptors (Lipinski definition) is 8. The summed E-state index contributed by atoms with van der Waals surface area (Å²) in [6.45, 7) is 12.3. The minimum atomic E-state index is -1.16. The van der Waals surface area contributed by atoms with Gasteiger partial charge in [0.15, 0.2) is 11.9 Å². The van der Waals surface area contributed by atoms with E-state index in [4.69, 9.17) is 14.7 Å². The molecule has 2 aliphatic rings. The highest BCUT2D eigenvalue weighted by Gasteiger charge is 2.34. The van der Waals surface area contributed by atoms with Gasteiger partial charge < -0.3 is 15.0 Å². The van der Waals surface area contributed by atoms with E-state index in [2.05, 4.69) is 46.5 Å². The number of aryl methyl sites for hydroxylation is 2. The number of piperidine rings is 1. The van der Waals surface area contributed by atoms with Crippen LogP contribution in [0.3, 0.4) is 0 Å². The van der Waals surface area contributed by atoms with Crippen molar-refractivity contribution in [3.05, 3.63) is 53.2 Å². The topological polar surface area (TPSA) is 99.3 Å². The van der Waals surface area contributed by atoms with Gasteiger partial charge in [-0.05, 0) is 95.1 Å². The Morgan fingerprint density at radius 2 is 1.88 bits per heavy atom. The highest BCUT2D eigenvalue weighted by atomic mass is 32.2. The molecule has 2 unspecified atom stereocenters. The minimum Gasteiger partial charge on any atom is -0.468 e. The average Bonchev–Trinajstić information content (AvgIpc) is 3.46. The lowest BCUT2D eigenvalue weighted by atomic mass is 9.86. The molecular weight excluding hydrogens is 522 g/mol. The molecule has 9 nitrogen and oxygen atoms in total. The van der Waals surface area contributed by atoms with Crippen molar-refractivity contribution in [1.29, 1.82) is 0 Å². The molecule has 0 amide bonds. The second-order valence-electron chi connectivity index (χ2n) is 11.2. The van der Waals surface area contributed by atoms with E-state index in [1.165, 1.54) is 11.1 Å². The lowest BCUT2D eigenvalue weighted by Gasteiger charge is -2.30. The van der Waals surface area contributed by atoms with Crippen LogP contribution in [0.25, 0.3) is 11.0 Å². The number of anilines is 4.